The van der Waals surface area contributed by atoms with Gasteiger partial charge in [0.15, 0.2) is 17.0 Å². The number of urea groups is 1. The molecule has 3 heterocycles. The van der Waals surface area contributed by atoms with Gasteiger partial charge in [0.05, 0.1) is 25.4 Å². The molecular formula is C47H63N13O8. The maximum absolute atomic E-state index is 13.5. The number of fused-ring (bicyclic) bond motifs is 1. The number of aromatic nitrogens is 6. The molecule has 1 saturated carbocycles. The Labute approximate surface area is 394 Å². The summed E-state index contributed by atoms with van der Waals surface area (Å²) in [6.45, 7) is 9.14. The molecule has 0 saturated heterocycles. The number of hydrogen-bond donors (Lipinski definition) is 7. The van der Waals surface area contributed by atoms with E-state index in [1.165, 1.54) is 0 Å². The van der Waals surface area contributed by atoms with Crippen molar-refractivity contribution < 1.29 is 38.6 Å². The van der Waals surface area contributed by atoms with Gasteiger partial charge in [0.2, 0.25) is 17.7 Å². The Morgan fingerprint density at radius 3 is 2.32 bits per heavy atom. The summed E-state index contributed by atoms with van der Waals surface area (Å²) in [5.41, 5.74) is 15.7. The molecular weight excluding hydrogens is 875 g/mol. The molecule has 21 heteroatoms. The third kappa shape index (κ3) is 13.6. The third-order valence-corrected chi connectivity index (χ3v) is 11.6. The number of carbonyl (C=O) groups excluding carboxylic acids is 5. The first-order valence-corrected chi connectivity index (χ1v) is 23.2. The van der Waals surface area contributed by atoms with Gasteiger partial charge in [-0.2, -0.15) is 20.1 Å². The number of imidazole rings is 1. The zero-order valence-corrected chi connectivity index (χ0v) is 39.1. The molecule has 9 N–H and O–H groups in total. The van der Waals surface area contributed by atoms with E-state index < -0.39 is 36.0 Å². The van der Waals surface area contributed by atoms with Crippen LogP contribution in [0.15, 0.2) is 60.8 Å². The van der Waals surface area contributed by atoms with Gasteiger partial charge in [-0.15, -0.1) is 0 Å². The highest BCUT2D eigenvalue weighted by Crippen LogP contribution is 2.28. The normalized spacial score (nSPS) is 13.3. The van der Waals surface area contributed by atoms with Crippen LogP contribution in [0.3, 0.4) is 0 Å². The van der Waals surface area contributed by atoms with Gasteiger partial charge < -0.3 is 52.2 Å². The predicted molar refractivity (Wildman–Crippen MR) is 254 cm³/mol. The van der Waals surface area contributed by atoms with Crippen LogP contribution >= 0.6 is 0 Å². The van der Waals surface area contributed by atoms with E-state index >= 15 is 0 Å². The molecule has 1 aliphatic carbocycles. The molecule has 0 bridgehead atoms. The molecule has 0 spiro atoms. The molecule has 6 amide bonds. The second kappa shape index (κ2) is 23.8. The Morgan fingerprint density at radius 1 is 0.926 bits per heavy atom. The number of carbonyl (C=O) groups is 5. The molecule has 0 radical (unpaired) electrons. The number of primary amides is 1. The first kappa shape index (κ1) is 50.0. The van der Waals surface area contributed by atoms with E-state index in [4.69, 9.17) is 26.0 Å². The van der Waals surface area contributed by atoms with Crippen molar-refractivity contribution in [1.82, 2.24) is 50.1 Å². The van der Waals surface area contributed by atoms with Gasteiger partial charge in [-0.3, -0.25) is 23.6 Å². The number of nitrogen functional groups attached to an aromatic ring is 1. The molecule has 364 valence electrons. The molecule has 1 unspecified atom stereocenters. The van der Waals surface area contributed by atoms with E-state index in [1.807, 2.05) is 36.5 Å². The lowest BCUT2D eigenvalue weighted by molar-refractivity contribution is -0.132. The lowest BCUT2D eigenvalue weighted by Gasteiger charge is -2.36. The second-order valence-corrected chi connectivity index (χ2v) is 17.1. The van der Waals surface area contributed by atoms with Gasteiger partial charge in [-0.05, 0) is 73.8 Å². The summed E-state index contributed by atoms with van der Waals surface area (Å²) in [7, 11) is 0. The van der Waals surface area contributed by atoms with E-state index in [0.29, 0.717) is 48.5 Å². The average Bonchev–Trinajstić information content (AvgIpc) is 3.90. The molecule has 3 aromatic heterocycles. The SMILES string of the molecule is CCCCOc1nc(N)c2nc(O)n(Cc3ccc(-c4ccn(CCN(C(=O)OCc5ccc(NC(=O)[C@H](CCCNC(N)=O)NC(=O)C(NC(=O)CC)C(C)C)cc5)C5CCC5)n4)cc3)c2n1. The standard InChI is InChI=1S/C47H63N13O8/c1-5-7-26-67-45-55-40(48)39-41(56-45)60(46(65)54-39)27-30-13-17-32(18-14-30)35-21-23-58(57-35)24-25-59(34-10-8-11-34)47(66)68-28-31-15-19-33(20-16-31)51-42(62)36(12-9-22-50-44(49)64)52-43(63)38(29(3)4)53-37(61)6-2/h13-21,23,29,34,36,38H,5-12,22,24-28H2,1-4H3,(H,51,62)(H,52,63)(H,53,61)(H,54,65)(H2,48,55,56)(H3,49,50,64)/t36-,38?/m0/s1. The van der Waals surface area contributed by atoms with E-state index in [2.05, 4.69) is 43.1 Å². The van der Waals surface area contributed by atoms with E-state index in [-0.39, 0.29) is 68.2 Å². The summed E-state index contributed by atoms with van der Waals surface area (Å²) in [6.07, 6.45) is 6.78. The lowest BCUT2D eigenvalue weighted by Crippen LogP contribution is -2.54. The number of aromatic hydroxyl groups is 1. The van der Waals surface area contributed by atoms with Crippen molar-refractivity contribution in [2.24, 2.45) is 11.7 Å². The molecule has 68 heavy (non-hydrogen) atoms. The fourth-order valence-electron chi connectivity index (χ4n) is 7.44. The minimum Gasteiger partial charge on any atom is -0.480 e. The number of nitrogens with one attached hydrogen (secondary N) is 4. The smallest absolute Gasteiger partial charge is 0.410 e. The fourth-order valence-corrected chi connectivity index (χ4v) is 7.44. The van der Waals surface area contributed by atoms with Gasteiger partial charge in [0.1, 0.15) is 18.7 Å². The molecule has 0 aliphatic heterocycles. The molecule has 6 rings (SSSR count). The van der Waals surface area contributed by atoms with Crippen LogP contribution in [0.25, 0.3) is 22.4 Å². The number of nitrogens with two attached hydrogens (primary N) is 2. The fraction of sp³-hybridized carbons (Fsp3) is 0.468. The summed E-state index contributed by atoms with van der Waals surface area (Å²) in [6, 6.07) is 14.0. The minimum absolute atomic E-state index is 0.0107. The number of hydrogen-bond acceptors (Lipinski definition) is 13. The Hall–Kier alpha value is -7.45. The van der Waals surface area contributed by atoms with E-state index in [9.17, 15) is 29.1 Å². The highest BCUT2D eigenvalue weighted by molar-refractivity contribution is 5.98. The van der Waals surface area contributed by atoms with Gasteiger partial charge in [0, 0.05) is 43.0 Å². The molecule has 1 fully saturated rings. The minimum atomic E-state index is -0.976. The summed E-state index contributed by atoms with van der Waals surface area (Å²) >= 11 is 0. The van der Waals surface area contributed by atoms with Crippen molar-refractivity contribution >= 4 is 52.5 Å². The first-order chi connectivity index (χ1) is 32.7. The highest BCUT2D eigenvalue weighted by Gasteiger charge is 2.31. The van der Waals surface area contributed by atoms with Gasteiger partial charge in [-0.1, -0.05) is 70.5 Å². The second-order valence-electron chi connectivity index (χ2n) is 17.1. The Morgan fingerprint density at radius 2 is 1.66 bits per heavy atom. The van der Waals surface area contributed by atoms with Gasteiger partial charge in [0.25, 0.3) is 6.01 Å². The third-order valence-electron chi connectivity index (χ3n) is 11.6. The van der Waals surface area contributed by atoms with Crippen LogP contribution in [0.5, 0.6) is 12.0 Å². The van der Waals surface area contributed by atoms with E-state index in [0.717, 1.165) is 48.9 Å². The summed E-state index contributed by atoms with van der Waals surface area (Å²) < 4.78 is 14.8. The Bertz CT molecular complexity index is 2500. The summed E-state index contributed by atoms with van der Waals surface area (Å²) in [5, 5.41) is 26.2. The van der Waals surface area contributed by atoms with Crippen LogP contribution in [-0.4, -0.2) is 107 Å². The van der Waals surface area contributed by atoms with Crippen LogP contribution in [0.4, 0.5) is 21.1 Å². The average molecular weight is 938 g/mol. The molecule has 2 aromatic carbocycles. The van der Waals surface area contributed by atoms with E-state index in [1.54, 1.807) is 59.2 Å². The van der Waals surface area contributed by atoms with Crippen LogP contribution in [0, 0.1) is 5.92 Å². The topological polar surface area (TPSA) is 289 Å². The van der Waals surface area contributed by atoms with Crippen molar-refractivity contribution in [3.05, 3.63) is 71.9 Å². The van der Waals surface area contributed by atoms with Crippen LogP contribution in [-0.2, 0) is 38.8 Å². The first-order valence-electron chi connectivity index (χ1n) is 23.2. The largest absolute Gasteiger partial charge is 0.480 e. The zero-order valence-electron chi connectivity index (χ0n) is 39.1. The summed E-state index contributed by atoms with van der Waals surface area (Å²) in [4.78, 5) is 78.1. The Kier molecular flexibility index (Phi) is 17.5. The molecule has 1 aliphatic rings. The molecule has 2 atom stereocenters. The monoisotopic (exact) mass is 937 g/mol. The lowest BCUT2D eigenvalue weighted by atomic mass is 9.92. The van der Waals surface area contributed by atoms with Crippen molar-refractivity contribution in [2.45, 2.75) is 117 Å². The van der Waals surface area contributed by atoms with Crippen LogP contribution in [0.1, 0.15) is 90.2 Å². The van der Waals surface area contributed by atoms with Crippen LogP contribution < -0.4 is 37.5 Å². The van der Waals surface area contributed by atoms with Crippen molar-refractivity contribution in [2.75, 3.05) is 30.7 Å². The van der Waals surface area contributed by atoms with Gasteiger partial charge in [-0.25, -0.2) is 9.59 Å². The number of ether oxygens (including phenoxy) is 2. The number of unbranched alkanes of at least 4 members (excludes halogenated alkanes) is 1. The molecule has 5 aromatic rings. The molecule has 21 nitrogen and oxygen atoms in total. The number of anilines is 2. The van der Waals surface area contributed by atoms with Crippen LogP contribution in [0.2, 0.25) is 0 Å². The zero-order chi connectivity index (χ0) is 48.7. The predicted octanol–water partition coefficient (Wildman–Crippen LogP) is 4.82. The number of amides is 6. The summed E-state index contributed by atoms with van der Waals surface area (Å²) in [5.74, 6) is -1.38. The van der Waals surface area contributed by atoms with Crippen molar-refractivity contribution in [3.63, 3.8) is 0 Å². The quantitative estimate of drug-likeness (QED) is 0.0409. The highest BCUT2D eigenvalue weighted by atomic mass is 16.6. The van der Waals surface area contributed by atoms with Crippen molar-refractivity contribution in [1.29, 1.82) is 0 Å². The number of benzene rings is 2. The number of rotatable bonds is 24. The van der Waals surface area contributed by atoms with Gasteiger partial charge >= 0.3 is 18.1 Å². The maximum atomic E-state index is 13.5. The maximum Gasteiger partial charge on any atom is 0.410 e. The van der Waals surface area contributed by atoms with Crippen molar-refractivity contribution in [3.8, 4) is 23.3 Å². The Balaban J connectivity index is 1.01. The number of nitrogens with zero attached hydrogens (tertiary/aromatic N) is 7.